The largest absolute Gasteiger partial charge is 0.350 e. The molecule has 0 fully saturated rings. The molecular formula is C18H26ClIN4S. The molecule has 1 atom stereocenters. The second-order valence-corrected chi connectivity index (χ2v) is 8.04. The predicted molar refractivity (Wildman–Crippen MR) is 119 cm³/mol. The molecule has 2 aromatic rings. The molecule has 2 N–H and O–H groups in total. The fourth-order valence-corrected chi connectivity index (χ4v) is 3.46. The molecule has 25 heavy (non-hydrogen) atoms. The molecule has 0 aliphatic rings. The van der Waals surface area contributed by atoms with E-state index in [0.29, 0.717) is 6.54 Å². The van der Waals surface area contributed by atoms with Crippen LogP contribution in [-0.4, -0.2) is 18.0 Å². The van der Waals surface area contributed by atoms with Crippen LogP contribution >= 0.6 is 46.9 Å². The van der Waals surface area contributed by atoms with Crippen molar-refractivity contribution in [3.63, 3.8) is 0 Å². The number of halogens is 2. The summed E-state index contributed by atoms with van der Waals surface area (Å²) in [6.07, 6.45) is 0. The van der Waals surface area contributed by atoms with Crippen molar-refractivity contribution in [2.75, 3.05) is 7.05 Å². The van der Waals surface area contributed by atoms with Crippen LogP contribution in [-0.2, 0) is 12.0 Å². The van der Waals surface area contributed by atoms with E-state index in [1.54, 1.807) is 18.4 Å². The van der Waals surface area contributed by atoms with Crippen molar-refractivity contribution in [3.8, 4) is 0 Å². The molecule has 1 aromatic carbocycles. The van der Waals surface area contributed by atoms with E-state index in [9.17, 15) is 0 Å². The zero-order valence-electron chi connectivity index (χ0n) is 15.3. The lowest BCUT2D eigenvalue weighted by molar-refractivity contribution is 0.570. The minimum atomic E-state index is 0. The van der Waals surface area contributed by atoms with Gasteiger partial charge in [-0.05, 0) is 18.6 Å². The summed E-state index contributed by atoms with van der Waals surface area (Å²) in [4.78, 5) is 8.97. The zero-order chi connectivity index (χ0) is 17.7. The monoisotopic (exact) mass is 492 g/mol. The molecule has 1 aromatic heterocycles. The summed E-state index contributed by atoms with van der Waals surface area (Å²) in [6, 6.07) is 7.89. The molecule has 0 radical (unpaired) electrons. The third-order valence-electron chi connectivity index (χ3n) is 3.68. The van der Waals surface area contributed by atoms with Gasteiger partial charge in [0.1, 0.15) is 5.01 Å². The third kappa shape index (κ3) is 6.42. The smallest absolute Gasteiger partial charge is 0.191 e. The third-order valence-corrected chi connectivity index (χ3v) is 4.87. The first-order chi connectivity index (χ1) is 11.3. The maximum Gasteiger partial charge on any atom is 0.191 e. The van der Waals surface area contributed by atoms with Crippen LogP contribution in [0.2, 0.25) is 5.02 Å². The van der Waals surface area contributed by atoms with Crippen LogP contribution in [0.4, 0.5) is 0 Å². The maximum absolute atomic E-state index is 6.26. The fraction of sp³-hybridized carbons (Fsp3) is 0.444. The Labute approximate surface area is 176 Å². The summed E-state index contributed by atoms with van der Waals surface area (Å²) in [7, 11) is 1.76. The average molecular weight is 493 g/mol. The molecule has 4 nitrogen and oxygen atoms in total. The van der Waals surface area contributed by atoms with E-state index in [1.165, 1.54) is 0 Å². The molecule has 0 aliphatic heterocycles. The first-order valence-corrected chi connectivity index (χ1v) is 9.23. The minimum Gasteiger partial charge on any atom is -0.350 e. The average Bonchev–Trinajstić information content (AvgIpc) is 3.00. The SMILES string of the molecule is CN=C(NCc1nc(C(C)(C)C)cs1)NC(C)c1ccccc1Cl.I. The van der Waals surface area contributed by atoms with Crippen LogP contribution in [0.15, 0.2) is 34.6 Å². The number of guanidine groups is 1. The van der Waals surface area contributed by atoms with Gasteiger partial charge in [0.15, 0.2) is 5.96 Å². The Morgan fingerprint density at radius 3 is 2.56 bits per heavy atom. The minimum absolute atomic E-state index is 0. The lowest BCUT2D eigenvalue weighted by atomic mass is 9.93. The highest BCUT2D eigenvalue weighted by atomic mass is 127. The van der Waals surface area contributed by atoms with Gasteiger partial charge in [0, 0.05) is 22.9 Å². The van der Waals surface area contributed by atoms with Crippen molar-refractivity contribution in [1.29, 1.82) is 0 Å². The van der Waals surface area contributed by atoms with Crippen molar-refractivity contribution in [2.24, 2.45) is 4.99 Å². The molecule has 0 bridgehead atoms. The number of nitrogens with one attached hydrogen (secondary N) is 2. The topological polar surface area (TPSA) is 49.3 Å². The highest BCUT2D eigenvalue weighted by molar-refractivity contribution is 14.0. The van der Waals surface area contributed by atoms with Crippen LogP contribution in [0.5, 0.6) is 0 Å². The first-order valence-electron chi connectivity index (χ1n) is 7.97. The van der Waals surface area contributed by atoms with Crippen molar-refractivity contribution in [3.05, 3.63) is 50.9 Å². The van der Waals surface area contributed by atoms with Crippen molar-refractivity contribution in [2.45, 2.75) is 45.7 Å². The fourth-order valence-electron chi connectivity index (χ4n) is 2.20. The van der Waals surface area contributed by atoms with Crippen LogP contribution in [0, 0.1) is 0 Å². The molecule has 0 amide bonds. The lowest BCUT2D eigenvalue weighted by Gasteiger charge is -2.19. The Balaban J connectivity index is 0.00000312. The van der Waals surface area contributed by atoms with Gasteiger partial charge in [0.05, 0.1) is 18.3 Å². The molecule has 0 saturated carbocycles. The second kappa shape index (κ2) is 9.73. The number of aromatic nitrogens is 1. The summed E-state index contributed by atoms with van der Waals surface area (Å²) in [5.41, 5.74) is 2.25. The molecule has 0 spiro atoms. The quantitative estimate of drug-likeness (QED) is 0.353. The van der Waals surface area contributed by atoms with Crippen molar-refractivity contribution < 1.29 is 0 Å². The van der Waals surface area contributed by atoms with Crippen LogP contribution in [0.1, 0.15) is 50.0 Å². The molecule has 1 heterocycles. The predicted octanol–water partition coefficient (Wildman–Crippen LogP) is 5.14. The summed E-state index contributed by atoms with van der Waals surface area (Å²) in [6.45, 7) is 9.23. The number of rotatable bonds is 4. The van der Waals surface area contributed by atoms with Crippen LogP contribution in [0.3, 0.4) is 0 Å². The number of benzene rings is 1. The van der Waals surface area contributed by atoms with E-state index in [1.807, 2.05) is 24.3 Å². The molecule has 0 saturated heterocycles. The van der Waals surface area contributed by atoms with E-state index in [0.717, 1.165) is 27.2 Å². The number of nitrogens with zero attached hydrogens (tertiary/aromatic N) is 2. The van der Waals surface area contributed by atoms with Crippen LogP contribution < -0.4 is 10.6 Å². The number of thiazole rings is 1. The van der Waals surface area contributed by atoms with Gasteiger partial charge in [-0.3, -0.25) is 4.99 Å². The number of hydrogen-bond donors (Lipinski definition) is 2. The normalized spacial score (nSPS) is 13.1. The van der Waals surface area contributed by atoms with Crippen molar-refractivity contribution >= 4 is 52.9 Å². The molecule has 138 valence electrons. The molecule has 0 aliphatic carbocycles. The van der Waals surface area contributed by atoms with Gasteiger partial charge in [-0.25, -0.2) is 4.98 Å². The van der Waals surface area contributed by atoms with Gasteiger partial charge in [0.25, 0.3) is 0 Å². The molecule has 1 unspecified atom stereocenters. The maximum atomic E-state index is 6.26. The summed E-state index contributed by atoms with van der Waals surface area (Å²) in [5, 5.41) is 10.6. The second-order valence-electron chi connectivity index (χ2n) is 6.69. The Bertz CT molecular complexity index is 709. The van der Waals surface area contributed by atoms with Gasteiger partial charge in [-0.2, -0.15) is 0 Å². The molecule has 2 rings (SSSR count). The first kappa shape index (κ1) is 22.2. The zero-order valence-corrected chi connectivity index (χ0v) is 19.2. The Kier molecular flexibility index (Phi) is 8.63. The van der Waals surface area contributed by atoms with Crippen molar-refractivity contribution in [1.82, 2.24) is 15.6 Å². The van der Waals surface area contributed by atoms with Crippen LogP contribution in [0.25, 0.3) is 0 Å². The molecular weight excluding hydrogens is 467 g/mol. The Morgan fingerprint density at radius 1 is 1.32 bits per heavy atom. The van der Waals surface area contributed by atoms with Gasteiger partial charge < -0.3 is 10.6 Å². The molecule has 7 heteroatoms. The van der Waals surface area contributed by atoms with Gasteiger partial charge in [0.2, 0.25) is 0 Å². The Hall–Kier alpha value is -0.860. The summed E-state index contributed by atoms with van der Waals surface area (Å²) < 4.78 is 0. The van der Waals surface area contributed by atoms with Gasteiger partial charge in [-0.1, -0.05) is 50.6 Å². The standard InChI is InChI=1S/C18H25ClN4S.HI/c1-12(13-8-6-7-9-14(13)19)22-17(20-5)21-10-16-23-15(11-24-16)18(2,3)4;/h6-9,11-12H,10H2,1-5H3,(H2,20,21,22);1H. The highest BCUT2D eigenvalue weighted by Gasteiger charge is 2.17. The number of hydrogen-bond acceptors (Lipinski definition) is 3. The van der Waals surface area contributed by atoms with Gasteiger partial charge >= 0.3 is 0 Å². The highest BCUT2D eigenvalue weighted by Crippen LogP contribution is 2.24. The Morgan fingerprint density at radius 2 is 2.00 bits per heavy atom. The van der Waals surface area contributed by atoms with E-state index < -0.39 is 0 Å². The summed E-state index contributed by atoms with van der Waals surface area (Å²) >= 11 is 7.92. The lowest BCUT2D eigenvalue weighted by Crippen LogP contribution is -2.38. The summed E-state index contributed by atoms with van der Waals surface area (Å²) in [5.74, 6) is 0.731. The van der Waals surface area contributed by atoms with E-state index in [4.69, 9.17) is 16.6 Å². The number of aliphatic imine (C=N–C) groups is 1. The van der Waals surface area contributed by atoms with E-state index >= 15 is 0 Å². The van der Waals surface area contributed by atoms with E-state index in [2.05, 4.69) is 48.7 Å². The van der Waals surface area contributed by atoms with E-state index in [-0.39, 0.29) is 35.4 Å². The van der Waals surface area contributed by atoms with Gasteiger partial charge in [-0.15, -0.1) is 35.3 Å².